The molecule has 0 saturated carbocycles. The monoisotopic (exact) mass is 270 g/mol. The van der Waals surface area contributed by atoms with Crippen molar-refractivity contribution in [1.29, 1.82) is 0 Å². The third kappa shape index (κ3) is 4.12. The van der Waals surface area contributed by atoms with Crippen molar-refractivity contribution < 1.29 is 4.79 Å². The van der Waals surface area contributed by atoms with Crippen molar-refractivity contribution in [2.75, 3.05) is 0 Å². The lowest BCUT2D eigenvalue weighted by atomic mass is 10.1. The van der Waals surface area contributed by atoms with Gasteiger partial charge in [-0.1, -0.05) is 6.92 Å². The molecule has 104 valence electrons. The first-order chi connectivity index (χ1) is 9.79. The molecule has 0 bridgehead atoms. The first-order valence-electron chi connectivity index (χ1n) is 6.73. The second-order valence-corrected chi connectivity index (χ2v) is 4.51. The molecule has 2 heterocycles. The number of hydrogen-bond acceptors (Lipinski definition) is 4. The number of hydrogen-bond donors (Lipinski definition) is 1. The number of aromatic nitrogens is 3. The first kappa shape index (κ1) is 14.1. The smallest absolute Gasteiger partial charge is 0.220 e. The molecule has 0 aliphatic rings. The third-order valence-electron chi connectivity index (χ3n) is 3.08. The normalized spacial score (nSPS) is 11.8. The highest BCUT2D eigenvalue weighted by molar-refractivity contribution is 5.76. The summed E-state index contributed by atoms with van der Waals surface area (Å²) in [7, 11) is 0. The molecular weight excluding hydrogens is 252 g/mol. The molecule has 0 spiro atoms. The van der Waals surface area contributed by atoms with Crippen LogP contribution in [-0.4, -0.2) is 20.9 Å². The molecule has 0 unspecified atom stereocenters. The van der Waals surface area contributed by atoms with Gasteiger partial charge >= 0.3 is 0 Å². The average molecular weight is 270 g/mol. The lowest BCUT2D eigenvalue weighted by Crippen LogP contribution is -2.28. The second kappa shape index (κ2) is 7.33. The van der Waals surface area contributed by atoms with Gasteiger partial charge in [-0.2, -0.15) is 0 Å². The summed E-state index contributed by atoms with van der Waals surface area (Å²) >= 11 is 0. The molecule has 1 amide bonds. The van der Waals surface area contributed by atoms with E-state index in [1.54, 1.807) is 31.0 Å². The van der Waals surface area contributed by atoms with Crippen LogP contribution >= 0.6 is 0 Å². The molecule has 5 nitrogen and oxygen atoms in total. The predicted octanol–water partition coefficient (Wildman–Crippen LogP) is 2.07. The maximum Gasteiger partial charge on any atom is 0.220 e. The van der Waals surface area contributed by atoms with Crippen LogP contribution in [0.2, 0.25) is 0 Å². The van der Waals surface area contributed by atoms with E-state index in [1.165, 1.54) is 0 Å². The number of pyridine rings is 1. The minimum Gasteiger partial charge on any atom is -0.349 e. The quantitative estimate of drug-likeness (QED) is 0.872. The van der Waals surface area contributed by atoms with Crippen molar-refractivity contribution in [2.45, 2.75) is 32.2 Å². The predicted molar refractivity (Wildman–Crippen MR) is 75.8 cm³/mol. The fraction of sp³-hybridized carbons (Fsp3) is 0.333. The fourth-order valence-electron chi connectivity index (χ4n) is 1.98. The number of carbonyl (C=O) groups excluding carboxylic acids is 1. The van der Waals surface area contributed by atoms with Crippen molar-refractivity contribution in [3.8, 4) is 0 Å². The zero-order valence-electron chi connectivity index (χ0n) is 11.5. The molecule has 0 radical (unpaired) electrons. The van der Waals surface area contributed by atoms with E-state index in [-0.39, 0.29) is 11.9 Å². The van der Waals surface area contributed by atoms with Crippen molar-refractivity contribution in [2.24, 2.45) is 0 Å². The van der Waals surface area contributed by atoms with Gasteiger partial charge in [0.1, 0.15) is 0 Å². The van der Waals surface area contributed by atoms with Gasteiger partial charge in [0.15, 0.2) is 0 Å². The van der Waals surface area contributed by atoms with Gasteiger partial charge < -0.3 is 5.32 Å². The molecule has 0 aliphatic heterocycles. The molecule has 2 aromatic heterocycles. The Kier molecular flexibility index (Phi) is 5.17. The van der Waals surface area contributed by atoms with E-state index in [4.69, 9.17) is 0 Å². The summed E-state index contributed by atoms with van der Waals surface area (Å²) in [4.78, 5) is 24.1. The Morgan fingerprint density at radius 1 is 1.20 bits per heavy atom. The van der Waals surface area contributed by atoms with Gasteiger partial charge in [0.2, 0.25) is 5.91 Å². The van der Waals surface area contributed by atoms with E-state index < -0.39 is 0 Å². The third-order valence-corrected chi connectivity index (χ3v) is 3.08. The Bertz CT molecular complexity index is 530. The van der Waals surface area contributed by atoms with Gasteiger partial charge in [-0.05, 0) is 30.5 Å². The Hall–Kier alpha value is -2.30. The highest BCUT2D eigenvalue weighted by Crippen LogP contribution is 2.15. The minimum absolute atomic E-state index is 0.0271. The number of aryl methyl sites for hydroxylation is 1. The number of carbonyl (C=O) groups is 1. The van der Waals surface area contributed by atoms with Crippen molar-refractivity contribution in [1.82, 2.24) is 20.3 Å². The molecule has 0 aromatic carbocycles. The van der Waals surface area contributed by atoms with Gasteiger partial charge in [0, 0.05) is 37.4 Å². The van der Waals surface area contributed by atoms with Crippen LogP contribution in [0.1, 0.15) is 37.1 Å². The summed E-state index contributed by atoms with van der Waals surface area (Å²) in [6.07, 6.45) is 10.3. The summed E-state index contributed by atoms with van der Waals surface area (Å²) in [5.74, 6) is 0.0271. The summed E-state index contributed by atoms with van der Waals surface area (Å²) in [6.45, 7) is 2.05. The van der Waals surface area contributed by atoms with E-state index in [0.29, 0.717) is 12.8 Å². The Labute approximate surface area is 118 Å². The van der Waals surface area contributed by atoms with E-state index in [0.717, 1.165) is 17.7 Å². The SMILES string of the molecule is CC[C@@H](NC(=O)CCc1cnccn1)c1ccncc1. The van der Waals surface area contributed by atoms with Crippen LogP contribution in [-0.2, 0) is 11.2 Å². The number of nitrogens with zero attached hydrogens (tertiary/aromatic N) is 3. The largest absolute Gasteiger partial charge is 0.349 e. The van der Waals surface area contributed by atoms with Crippen molar-refractivity contribution in [3.63, 3.8) is 0 Å². The minimum atomic E-state index is 0.0271. The maximum atomic E-state index is 12.0. The number of rotatable bonds is 6. The lowest BCUT2D eigenvalue weighted by molar-refractivity contribution is -0.121. The van der Waals surface area contributed by atoms with Crippen LogP contribution in [0, 0.1) is 0 Å². The summed E-state index contributed by atoms with van der Waals surface area (Å²) < 4.78 is 0. The Morgan fingerprint density at radius 2 is 2.00 bits per heavy atom. The van der Waals surface area contributed by atoms with E-state index >= 15 is 0 Å². The maximum absolute atomic E-state index is 12.0. The van der Waals surface area contributed by atoms with Crippen LogP contribution in [0.4, 0.5) is 0 Å². The van der Waals surface area contributed by atoms with Crippen molar-refractivity contribution in [3.05, 3.63) is 54.4 Å². The Balaban J connectivity index is 1.87. The lowest BCUT2D eigenvalue weighted by Gasteiger charge is -2.17. The van der Waals surface area contributed by atoms with Gasteiger partial charge in [0.25, 0.3) is 0 Å². The molecule has 0 saturated heterocycles. The summed E-state index contributed by atoms with van der Waals surface area (Å²) in [5.41, 5.74) is 1.91. The fourth-order valence-corrected chi connectivity index (χ4v) is 1.98. The van der Waals surface area contributed by atoms with Gasteiger partial charge in [-0.25, -0.2) is 0 Å². The van der Waals surface area contributed by atoms with Gasteiger partial charge in [-0.3, -0.25) is 19.7 Å². The molecule has 2 rings (SSSR count). The first-order valence-corrected chi connectivity index (χ1v) is 6.73. The van der Waals surface area contributed by atoms with Crippen LogP contribution in [0.5, 0.6) is 0 Å². The molecule has 2 aromatic rings. The summed E-state index contributed by atoms with van der Waals surface area (Å²) in [6, 6.07) is 3.89. The summed E-state index contributed by atoms with van der Waals surface area (Å²) in [5, 5.41) is 3.04. The van der Waals surface area contributed by atoms with E-state index in [2.05, 4.69) is 20.3 Å². The molecule has 1 atom stereocenters. The zero-order chi connectivity index (χ0) is 14.2. The number of amides is 1. The highest BCUT2D eigenvalue weighted by atomic mass is 16.1. The average Bonchev–Trinajstić information content (AvgIpc) is 2.52. The van der Waals surface area contributed by atoms with Crippen LogP contribution in [0.25, 0.3) is 0 Å². The second-order valence-electron chi connectivity index (χ2n) is 4.51. The molecule has 20 heavy (non-hydrogen) atoms. The van der Waals surface area contributed by atoms with E-state index in [9.17, 15) is 4.79 Å². The molecule has 0 fully saturated rings. The molecular formula is C15H18N4O. The van der Waals surface area contributed by atoms with Gasteiger partial charge in [0.05, 0.1) is 11.7 Å². The number of nitrogens with one attached hydrogen (secondary N) is 1. The van der Waals surface area contributed by atoms with Crippen LogP contribution in [0.15, 0.2) is 43.1 Å². The van der Waals surface area contributed by atoms with Gasteiger partial charge in [-0.15, -0.1) is 0 Å². The van der Waals surface area contributed by atoms with Crippen LogP contribution < -0.4 is 5.32 Å². The zero-order valence-corrected chi connectivity index (χ0v) is 11.5. The highest BCUT2D eigenvalue weighted by Gasteiger charge is 2.12. The van der Waals surface area contributed by atoms with Crippen LogP contribution in [0.3, 0.4) is 0 Å². The Morgan fingerprint density at radius 3 is 2.65 bits per heavy atom. The van der Waals surface area contributed by atoms with Crippen molar-refractivity contribution >= 4 is 5.91 Å². The molecule has 0 aliphatic carbocycles. The standard InChI is InChI=1S/C15H18N4O/c1-2-14(12-5-7-16-8-6-12)19-15(20)4-3-13-11-17-9-10-18-13/h5-11,14H,2-4H2,1H3,(H,19,20)/t14-/m1/s1. The molecule has 5 heteroatoms. The van der Waals surface area contributed by atoms with E-state index in [1.807, 2.05) is 19.1 Å². The topological polar surface area (TPSA) is 67.8 Å². The molecule has 1 N–H and O–H groups in total.